The van der Waals surface area contributed by atoms with Crippen LogP contribution in [0, 0.1) is 20.8 Å². The highest BCUT2D eigenvalue weighted by molar-refractivity contribution is 7.11. The van der Waals surface area contributed by atoms with Crippen molar-refractivity contribution in [2.24, 2.45) is 4.99 Å². The first kappa shape index (κ1) is 20.2. The highest BCUT2D eigenvalue weighted by atomic mass is 32.1. The van der Waals surface area contributed by atoms with Crippen molar-refractivity contribution in [3.63, 3.8) is 0 Å². The molecule has 2 rings (SSSR count). The van der Waals surface area contributed by atoms with E-state index in [1.54, 1.807) is 11.3 Å². The van der Waals surface area contributed by atoms with Gasteiger partial charge in [0, 0.05) is 44.2 Å². The van der Waals surface area contributed by atoms with E-state index >= 15 is 0 Å². The molecule has 2 N–H and O–H groups in total. The molecule has 0 aliphatic heterocycles. The summed E-state index contributed by atoms with van der Waals surface area (Å²) >= 11 is 1.78. The Bertz CT molecular complexity index is 729. The fourth-order valence-electron chi connectivity index (χ4n) is 2.58. The van der Waals surface area contributed by atoms with Gasteiger partial charge in [-0.3, -0.25) is 0 Å². The van der Waals surface area contributed by atoms with Crippen LogP contribution < -0.4 is 15.5 Å². The third kappa shape index (κ3) is 5.73. The fourth-order valence-corrected chi connectivity index (χ4v) is 3.51. The number of rotatable bonds is 7. The maximum absolute atomic E-state index is 4.74. The van der Waals surface area contributed by atoms with Crippen molar-refractivity contribution in [2.45, 2.75) is 40.7 Å². The Morgan fingerprint density at radius 3 is 2.54 bits per heavy atom. The summed E-state index contributed by atoms with van der Waals surface area (Å²) in [6.45, 7) is 10.8. The minimum Gasteiger partial charge on any atom is -0.378 e. The van der Waals surface area contributed by atoms with Gasteiger partial charge >= 0.3 is 0 Å². The fraction of sp³-hybridized carbons (Fsp3) is 0.500. The van der Waals surface area contributed by atoms with Gasteiger partial charge in [-0.05, 0) is 51.0 Å². The number of aryl methyl sites for hydroxylation is 3. The van der Waals surface area contributed by atoms with Crippen LogP contribution in [0.2, 0.25) is 0 Å². The molecule has 26 heavy (non-hydrogen) atoms. The number of aromatic nitrogens is 1. The minimum atomic E-state index is 0.671. The van der Waals surface area contributed by atoms with Crippen LogP contribution in [0.1, 0.15) is 33.6 Å². The number of hydrogen-bond donors (Lipinski definition) is 2. The molecule has 0 saturated carbocycles. The third-order valence-corrected chi connectivity index (χ3v) is 5.43. The molecule has 0 radical (unpaired) electrons. The Morgan fingerprint density at radius 2 is 1.96 bits per heavy atom. The molecule has 0 amide bonds. The molecule has 0 atom stereocenters. The summed E-state index contributed by atoms with van der Waals surface area (Å²) < 4.78 is 0. The van der Waals surface area contributed by atoms with Crippen LogP contribution in [0.4, 0.5) is 5.69 Å². The van der Waals surface area contributed by atoms with Crippen LogP contribution in [-0.4, -0.2) is 38.1 Å². The molecule has 0 aliphatic carbocycles. The van der Waals surface area contributed by atoms with Gasteiger partial charge in [-0.25, -0.2) is 9.98 Å². The molecule has 6 heteroatoms. The van der Waals surface area contributed by atoms with E-state index in [0.29, 0.717) is 6.54 Å². The van der Waals surface area contributed by atoms with Crippen LogP contribution in [-0.2, 0) is 13.0 Å². The zero-order valence-corrected chi connectivity index (χ0v) is 17.6. The average molecular weight is 374 g/mol. The predicted molar refractivity (Wildman–Crippen MR) is 114 cm³/mol. The van der Waals surface area contributed by atoms with Gasteiger partial charge in [-0.2, -0.15) is 0 Å². The highest BCUT2D eigenvalue weighted by Crippen LogP contribution is 2.18. The number of hydrogen-bond acceptors (Lipinski definition) is 4. The van der Waals surface area contributed by atoms with Gasteiger partial charge in [-0.15, -0.1) is 11.3 Å². The van der Waals surface area contributed by atoms with E-state index in [1.165, 1.54) is 26.7 Å². The van der Waals surface area contributed by atoms with Gasteiger partial charge in [0.2, 0.25) is 0 Å². The van der Waals surface area contributed by atoms with E-state index in [9.17, 15) is 0 Å². The van der Waals surface area contributed by atoms with Gasteiger partial charge in [-0.1, -0.05) is 6.07 Å². The van der Waals surface area contributed by atoms with E-state index in [1.807, 2.05) is 0 Å². The molecule has 142 valence electrons. The van der Waals surface area contributed by atoms with Crippen LogP contribution in [0.15, 0.2) is 23.2 Å². The molecule has 0 fully saturated rings. The van der Waals surface area contributed by atoms with Crippen LogP contribution in [0.25, 0.3) is 0 Å². The van der Waals surface area contributed by atoms with Crippen molar-refractivity contribution in [3.05, 3.63) is 44.9 Å². The summed E-state index contributed by atoms with van der Waals surface area (Å²) in [5.74, 6) is 0.855. The summed E-state index contributed by atoms with van der Waals surface area (Å²) in [5, 5.41) is 7.91. The smallest absolute Gasteiger partial charge is 0.191 e. The lowest BCUT2D eigenvalue weighted by Gasteiger charge is -2.15. The molecule has 0 unspecified atom stereocenters. The van der Waals surface area contributed by atoms with Crippen molar-refractivity contribution in [1.29, 1.82) is 0 Å². The Balaban J connectivity index is 1.95. The molecule has 2 aromatic rings. The largest absolute Gasteiger partial charge is 0.378 e. The first-order valence-electron chi connectivity index (χ1n) is 9.12. The third-order valence-electron chi connectivity index (χ3n) is 4.30. The first-order valence-corrected chi connectivity index (χ1v) is 9.94. The quantitative estimate of drug-likeness (QED) is 0.577. The van der Waals surface area contributed by atoms with Gasteiger partial charge in [0.15, 0.2) is 5.96 Å². The highest BCUT2D eigenvalue weighted by Gasteiger charge is 2.05. The number of guanidine groups is 1. The zero-order valence-electron chi connectivity index (χ0n) is 16.8. The molecule has 0 aliphatic rings. The van der Waals surface area contributed by atoms with Crippen LogP contribution >= 0.6 is 11.3 Å². The summed E-state index contributed by atoms with van der Waals surface area (Å²) in [4.78, 5) is 12.8. The number of aliphatic imine (C=N–C) groups is 1. The van der Waals surface area contributed by atoms with Crippen molar-refractivity contribution in [3.8, 4) is 0 Å². The Kier molecular flexibility index (Phi) is 7.45. The number of benzene rings is 1. The summed E-state index contributed by atoms with van der Waals surface area (Å²) in [7, 11) is 4.12. The Labute approximate surface area is 161 Å². The second-order valence-corrected chi connectivity index (χ2v) is 7.91. The van der Waals surface area contributed by atoms with E-state index < -0.39 is 0 Å². The molecule has 5 nitrogen and oxygen atoms in total. The molecular formula is C20H31N5S. The van der Waals surface area contributed by atoms with Gasteiger partial charge in [0.1, 0.15) is 0 Å². The Morgan fingerprint density at radius 1 is 1.19 bits per heavy atom. The van der Waals surface area contributed by atoms with Crippen LogP contribution in [0.5, 0.6) is 0 Å². The van der Waals surface area contributed by atoms with Gasteiger partial charge < -0.3 is 15.5 Å². The number of nitrogens with zero attached hydrogens (tertiary/aromatic N) is 3. The summed E-state index contributed by atoms with van der Waals surface area (Å²) in [5.41, 5.74) is 4.88. The molecule has 0 bridgehead atoms. The van der Waals surface area contributed by atoms with Crippen molar-refractivity contribution in [1.82, 2.24) is 15.6 Å². The van der Waals surface area contributed by atoms with E-state index in [0.717, 1.165) is 31.2 Å². The maximum atomic E-state index is 4.74. The van der Waals surface area contributed by atoms with E-state index in [2.05, 4.69) is 80.5 Å². The lowest BCUT2D eigenvalue weighted by Crippen LogP contribution is -2.38. The van der Waals surface area contributed by atoms with Gasteiger partial charge in [0.25, 0.3) is 0 Å². The monoisotopic (exact) mass is 373 g/mol. The second kappa shape index (κ2) is 9.57. The lowest BCUT2D eigenvalue weighted by molar-refractivity contribution is 0.795. The molecule has 1 heterocycles. The second-order valence-electron chi connectivity index (χ2n) is 6.63. The normalized spacial score (nSPS) is 11.5. The summed E-state index contributed by atoms with van der Waals surface area (Å²) in [6, 6.07) is 6.52. The SMILES string of the molecule is CCNC(=NCc1ccc(N(C)C)cc1C)NCCc1nc(C)c(C)s1. The summed E-state index contributed by atoms with van der Waals surface area (Å²) in [6.07, 6.45) is 0.917. The first-order chi connectivity index (χ1) is 12.4. The average Bonchev–Trinajstić information content (AvgIpc) is 2.91. The van der Waals surface area contributed by atoms with E-state index in [-0.39, 0.29) is 0 Å². The predicted octanol–water partition coefficient (Wildman–Crippen LogP) is 3.43. The number of anilines is 1. The standard InChI is InChI=1S/C20H31N5S/c1-7-21-20(22-11-10-19-24-15(3)16(4)26-19)23-13-17-8-9-18(25(5)6)12-14(17)2/h8-9,12H,7,10-11,13H2,1-6H3,(H2,21,22,23). The maximum Gasteiger partial charge on any atom is 0.191 e. The topological polar surface area (TPSA) is 52.6 Å². The molecular weight excluding hydrogens is 342 g/mol. The molecule has 1 aromatic carbocycles. The van der Waals surface area contributed by atoms with Crippen molar-refractivity contribution in [2.75, 3.05) is 32.1 Å². The molecule has 0 spiro atoms. The van der Waals surface area contributed by atoms with Gasteiger partial charge in [0.05, 0.1) is 17.2 Å². The Hall–Kier alpha value is -2.08. The van der Waals surface area contributed by atoms with E-state index in [4.69, 9.17) is 4.99 Å². The van der Waals surface area contributed by atoms with Crippen molar-refractivity contribution < 1.29 is 0 Å². The van der Waals surface area contributed by atoms with Crippen molar-refractivity contribution >= 4 is 23.0 Å². The molecule has 0 saturated heterocycles. The number of thiazole rings is 1. The van der Waals surface area contributed by atoms with Crippen LogP contribution in [0.3, 0.4) is 0 Å². The lowest BCUT2D eigenvalue weighted by atomic mass is 10.1. The molecule has 1 aromatic heterocycles. The minimum absolute atomic E-state index is 0.671. The zero-order chi connectivity index (χ0) is 19.1. The number of nitrogens with one attached hydrogen (secondary N) is 2.